The van der Waals surface area contributed by atoms with Crippen molar-refractivity contribution in [2.75, 3.05) is 7.11 Å². The molecule has 0 bridgehead atoms. The molecular weight excluding hydrogens is 233 g/mol. The summed E-state index contributed by atoms with van der Waals surface area (Å²) in [4.78, 5) is 0. The third-order valence-electron chi connectivity index (χ3n) is 2.19. The first kappa shape index (κ1) is 12.6. The lowest BCUT2D eigenvalue weighted by Gasteiger charge is -2.10. The second kappa shape index (κ2) is 5.59. The Hall–Kier alpha value is -0.440. The minimum atomic E-state index is 0.168. The highest BCUT2D eigenvalue weighted by Crippen LogP contribution is 2.31. The van der Waals surface area contributed by atoms with Gasteiger partial charge in [0, 0.05) is 17.1 Å². The SMILES string of the molecule is COc1cc(Cl)c(CCC(C)N)cc1Cl. The first-order chi connectivity index (χ1) is 7.04. The monoisotopic (exact) mass is 247 g/mol. The molecule has 4 heteroatoms. The number of hydrogen-bond acceptors (Lipinski definition) is 2. The largest absolute Gasteiger partial charge is 0.495 e. The van der Waals surface area contributed by atoms with Gasteiger partial charge in [-0.1, -0.05) is 23.2 Å². The van der Waals surface area contributed by atoms with E-state index in [-0.39, 0.29) is 6.04 Å². The molecule has 2 N–H and O–H groups in total. The Balaban J connectivity index is 2.85. The topological polar surface area (TPSA) is 35.2 Å². The van der Waals surface area contributed by atoms with Gasteiger partial charge < -0.3 is 10.5 Å². The second-order valence-corrected chi connectivity index (χ2v) is 4.41. The van der Waals surface area contributed by atoms with Crippen molar-refractivity contribution in [1.82, 2.24) is 0 Å². The summed E-state index contributed by atoms with van der Waals surface area (Å²) in [5.41, 5.74) is 6.70. The van der Waals surface area contributed by atoms with Crippen LogP contribution in [0.1, 0.15) is 18.9 Å². The standard InChI is InChI=1S/C11H15Cl2NO/c1-7(14)3-4-8-5-10(13)11(15-2)6-9(8)12/h5-7H,3-4,14H2,1-2H3. The number of aryl methyl sites for hydroxylation is 1. The molecule has 0 spiro atoms. The molecule has 2 nitrogen and oxygen atoms in total. The van der Waals surface area contributed by atoms with Crippen LogP contribution in [-0.4, -0.2) is 13.2 Å². The summed E-state index contributed by atoms with van der Waals surface area (Å²) < 4.78 is 5.07. The average molecular weight is 248 g/mol. The van der Waals surface area contributed by atoms with E-state index < -0.39 is 0 Å². The van der Waals surface area contributed by atoms with E-state index in [4.69, 9.17) is 33.7 Å². The Morgan fingerprint density at radius 2 is 2.00 bits per heavy atom. The number of rotatable bonds is 4. The lowest BCUT2D eigenvalue weighted by Crippen LogP contribution is -2.15. The molecule has 1 unspecified atom stereocenters. The van der Waals surface area contributed by atoms with Gasteiger partial charge in [-0.25, -0.2) is 0 Å². The number of benzene rings is 1. The van der Waals surface area contributed by atoms with Gasteiger partial charge in [0.1, 0.15) is 5.75 Å². The number of methoxy groups -OCH3 is 1. The third-order valence-corrected chi connectivity index (χ3v) is 2.84. The minimum Gasteiger partial charge on any atom is -0.495 e. The smallest absolute Gasteiger partial charge is 0.138 e. The molecule has 1 atom stereocenters. The van der Waals surface area contributed by atoms with Crippen molar-refractivity contribution in [3.8, 4) is 5.75 Å². The van der Waals surface area contributed by atoms with Crippen molar-refractivity contribution < 1.29 is 4.74 Å². The Labute approximate surface area is 100 Å². The van der Waals surface area contributed by atoms with Crippen LogP contribution in [0.2, 0.25) is 10.0 Å². The van der Waals surface area contributed by atoms with Crippen molar-refractivity contribution in [2.24, 2.45) is 5.73 Å². The van der Waals surface area contributed by atoms with E-state index in [0.29, 0.717) is 15.8 Å². The second-order valence-electron chi connectivity index (χ2n) is 3.59. The van der Waals surface area contributed by atoms with Gasteiger partial charge in [-0.2, -0.15) is 0 Å². The van der Waals surface area contributed by atoms with Crippen LogP contribution in [0.15, 0.2) is 12.1 Å². The predicted octanol–water partition coefficient (Wildman–Crippen LogP) is 3.28. The van der Waals surface area contributed by atoms with E-state index in [2.05, 4.69) is 0 Å². The van der Waals surface area contributed by atoms with Gasteiger partial charge in [0.15, 0.2) is 0 Å². The van der Waals surface area contributed by atoms with E-state index in [9.17, 15) is 0 Å². The van der Waals surface area contributed by atoms with Crippen molar-refractivity contribution in [1.29, 1.82) is 0 Å². The number of nitrogens with two attached hydrogens (primary N) is 1. The van der Waals surface area contributed by atoms with Crippen molar-refractivity contribution in [3.63, 3.8) is 0 Å². The quantitative estimate of drug-likeness (QED) is 0.887. The van der Waals surface area contributed by atoms with Crippen LogP contribution in [-0.2, 0) is 6.42 Å². The molecule has 1 aromatic carbocycles. The van der Waals surface area contributed by atoms with Crippen molar-refractivity contribution in [2.45, 2.75) is 25.8 Å². The number of hydrogen-bond donors (Lipinski definition) is 1. The zero-order valence-electron chi connectivity index (χ0n) is 8.89. The fraction of sp³-hybridized carbons (Fsp3) is 0.455. The number of halogens is 2. The lowest BCUT2D eigenvalue weighted by molar-refractivity contribution is 0.415. The molecule has 0 fully saturated rings. The Bertz CT molecular complexity index is 340. The maximum absolute atomic E-state index is 6.08. The van der Waals surface area contributed by atoms with Gasteiger partial charge in [0.25, 0.3) is 0 Å². The van der Waals surface area contributed by atoms with Gasteiger partial charge in [-0.3, -0.25) is 0 Å². The van der Waals surface area contributed by atoms with Crippen molar-refractivity contribution in [3.05, 3.63) is 27.7 Å². The van der Waals surface area contributed by atoms with Crippen LogP contribution in [0.4, 0.5) is 0 Å². The summed E-state index contributed by atoms with van der Waals surface area (Å²) in [5.74, 6) is 0.603. The highest BCUT2D eigenvalue weighted by atomic mass is 35.5. The van der Waals surface area contributed by atoms with E-state index >= 15 is 0 Å². The fourth-order valence-corrected chi connectivity index (χ4v) is 1.81. The Morgan fingerprint density at radius 3 is 2.53 bits per heavy atom. The van der Waals surface area contributed by atoms with Crippen LogP contribution in [0.25, 0.3) is 0 Å². The number of ether oxygens (including phenoxy) is 1. The summed E-state index contributed by atoms with van der Waals surface area (Å²) in [5, 5.41) is 1.26. The first-order valence-electron chi connectivity index (χ1n) is 4.82. The fourth-order valence-electron chi connectivity index (χ4n) is 1.30. The summed E-state index contributed by atoms with van der Waals surface area (Å²) >= 11 is 12.1. The molecule has 0 aromatic heterocycles. The maximum Gasteiger partial charge on any atom is 0.138 e. The third kappa shape index (κ3) is 3.56. The van der Waals surface area contributed by atoms with E-state index in [1.165, 1.54) is 0 Å². The lowest BCUT2D eigenvalue weighted by atomic mass is 10.1. The minimum absolute atomic E-state index is 0.168. The van der Waals surface area contributed by atoms with E-state index in [1.807, 2.05) is 13.0 Å². The summed E-state index contributed by atoms with van der Waals surface area (Å²) in [6.07, 6.45) is 1.72. The molecule has 0 saturated heterocycles. The molecule has 0 radical (unpaired) electrons. The average Bonchev–Trinajstić information content (AvgIpc) is 2.18. The zero-order valence-corrected chi connectivity index (χ0v) is 10.4. The Kier molecular flexibility index (Phi) is 4.71. The Morgan fingerprint density at radius 1 is 1.33 bits per heavy atom. The molecule has 84 valence electrons. The highest BCUT2D eigenvalue weighted by Gasteiger charge is 2.08. The normalized spacial score (nSPS) is 12.6. The van der Waals surface area contributed by atoms with Gasteiger partial charge in [0.2, 0.25) is 0 Å². The maximum atomic E-state index is 6.08. The van der Waals surface area contributed by atoms with Crippen molar-refractivity contribution >= 4 is 23.2 Å². The highest BCUT2D eigenvalue weighted by molar-refractivity contribution is 6.34. The predicted molar refractivity (Wildman–Crippen MR) is 65.0 cm³/mol. The molecule has 0 aliphatic carbocycles. The van der Waals surface area contributed by atoms with Crippen LogP contribution >= 0.6 is 23.2 Å². The van der Waals surface area contributed by atoms with Gasteiger partial charge in [-0.05, 0) is 31.4 Å². The first-order valence-corrected chi connectivity index (χ1v) is 5.57. The summed E-state index contributed by atoms with van der Waals surface area (Å²) in [6, 6.07) is 3.74. The van der Waals surface area contributed by atoms with Crippen LogP contribution in [0.3, 0.4) is 0 Å². The van der Waals surface area contributed by atoms with Crippen LogP contribution in [0.5, 0.6) is 5.75 Å². The molecular formula is C11H15Cl2NO. The summed E-state index contributed by atoms with van der Waals surface area (Å²) in [7, 11) is 1.57. The molecule has 0 heterocycles. The van der Waals surface area contributed by atoms with Gasteiger partial charge in [-0.15, -0.1) is 0 Å². The molecule has 0 amide bonds. The molecule has 15 heavy (non-hydrogen) atoms. The van der Waals surface area contributed by atoms with Crippen LogP contribution < -0.4 is 10.5 Å². The molecule has 1 aromatic rings. The molecule has 1 rings (SSSR count). The van der Waals surface area contributed by atoms with Crippen LogP contribution in [0, 0.1) is 0 Å². The van der Waals surface area contributed by atoms with E-state index in [0.717, 1.165) is 18.4 Å². The zero-order chi connectivity index (χ0) is 11.4. The van der Waals surface area contributed by atoms with Gasteiger partial charge in [0.05, 0.1) is 12.1 Å². The van der Waals surface area contributed by atoms with E-state index in [1.54, 1.807) is 13.2 Å². The molecule has 0 saturated carbocycles. The summed E-state index contributed by atoms with van der Waals surface area (Å²) in [6.45, 7) is 1.97. The molecule has 0 aliphatic rings. The van der Waals surface area contributed by atoms with Gasteiger partial charge >= 0.3 is 0 Å². The molecule has 0 aliphatic heterocycles.